The molecule has 103 heavy (non-hydrogen) atoms. The molecule has 0 bridgehead atoms. The molecule has 0 saturated heterocycles. The highest BCUT2D eigenvalue weighted by atomic mass is 31.2. The SMILES string of the molecule is CCC(C)CCCCCCCCCCCCCCCCCCCCC(=O)O[C@H](COC(=O)CCCCCCCCCC(C)C)COP(=O)(O)OCC(O)COP(=O)(O)OC[C@@H](COC(=O)CCCCCCCCCCCCCCCCC(C)CC)OC(=O)CCCCCCCCCCCCC(C)C. The van der Waals surface area contributed by atoms with Crippen molar-refractivity contribution in [3.05, 3.63) is 0 Å². The van der Waals surface area contributed by atoms with Crippen LogP contribution in [0.3, 0.4) is 0 Å². The van der Waals surface area contributed by atoms with Crippen LogP contribution in [0, 0.1) is 23.7 Å². The van der Waals surface area contributed by atoms with Gasteiger partial charge in [0.05, 0.1) is 26.4 Å². The number of ether oxygens (including phenoxy) is 4. The Morgan fingerprint density at radius 1 is 0.272 bits per heavy atom. The lowest BCUT2D eigenvalue weighted by atomic mass is 9.99. The van der Waals surface area contributed by atoms with Gasteiger partial charge >= 0.3 is 39.5 Å². The summed E-state index contributed by atoms with van der Waals surface area (Å²) in [7, 11) is -9.93. The van der Waals surface area contributed by atoms with E-state index in [4.69, 9.17) is 37.0 Å². The van der Waals surface area contributed by atoms with E-state index in [1.54, 1.807) is 0 Å². The number of carbonyl (C=O) groups excluding carboxylic acids is 4. The Hall–Kier alpha value is -1.94. The molecule has 0 spiro atoms. The lowest BCUT2D eigenvalue weighted by molar-refractivity contribution is -0.161. The number of phosphoric ester groups is 2. The van der Waals surface area contributed by atoms with Crippen LogP contribution in [0.5, 0.6) is 0 Å². The molecule has 0 fully saturated rings. The molecule has 0 saturated carbocycles. The third-order valence-electron chi connectivity index (χ3n) is 20.3. The molecule has 0 aromatic carbocycles. The molecule has 17 nitrogen and oxygen atoms in total. The van der Waals surface area contributed by atoms with Gasteiger partial charge in [0.15, 0.2) is 12.2 Å². The standard InChI is InChI=1S/C84H164O17P2/c1-9-76(7)62-54-46-38-30-23-19-15-13-11-12-14-16-22-26-33-41-50-58-66-83(88)101-80(71-95-82(87)65-57-49-43-35-37-45-53-61-75(5)6)73-99-103(92,93)97-69-78(85)68-96-102(90,91)98-72-79(100-84(89)67-59-51-42-34-28-27-29-36-44-52-60-74(3)4)70-94-81(86)64-56-48-40-32-25-21-18-17-20-24-31-39-47-55-63-77(8)10-2/h74-80,85H,9-73H2,1-8H3,(H,90,91)(H,92,93)/t76?,77?,78?,79-,80-/m1/s1. The minimum absolute atomic E-state index is 0.106. The summed E-state index contributed by atoms with van der Waals surface area (Å²) in [6.45, 7) is 14.3. The van der Waals surface area contributed by atoms with E-state index in [9.17, 15) is 43.2 Å². The first-order valence-electron chi connectivity index (χ1n) is 43.3. The summed E-state index contributed by atoms with van der Waals surface area (Å²) in [5.74, 6) is 1.07. The lowest BCUT2D eigenvalue weighted by Gasteiger charge is -2.21. The maximum Gasteiger partial charge on any atom is 0.472 e. The van der Waals surface area contributed by atoms with Crippen LogP contribution >= 0.6 is 15.6 Å². The van der Waals surface area contributed by atoms with Gasteiger partial charge < -0.3 is 33.8 Å². The van der Waals surface area contributed by atoms with E-state index in [0.717, 1.165) is 114 Å². The molecule has 0 aromatic rings. The average molecular weight is 1510 g/mol. The summed E-state index contributed by atoms with van der Waals surface area (Å²) in [5.41, 5.74) is 0. The number of rotatable bonds is 81. The van der Waals surface area contributed by atoms with Crippen LogP contribution in [-0.2, 0) is 65.4 Å². The Balaban J connectivity index is 5.18. The van der Waals surface area contributed by atoms with Crippen LogP contribution in [0.25, 0.3) is 0 Å². The molecule has 19 heteroatoms. The zero-order valence-corrected chi connectivity index (χ0v) is 69.7. The summed E-state index contributed by atoms with van der Waals surface area (Å²) >= 11 is 0. The van der Waals surface area contributed by atoms with Crippen LogP contribution in [0.15, 0.2) is 0 Å². The second kappa shape index (κ2) is 72.9. The lowest BCUT2D eigenvalue weighted by Crippen LogP contribution is -2.30. The second-order valence-electron chi connectivity index (χ2n) is 31.7. The molecule has 0 heterocycles. The van der Waals surface area contributed by atoms with Crippen LogP contribution in [0.4, 0.5) is 0 Å². The predicted octanol–water partition coefficient (Wildman–Crippen LogP) is 25.2. The number of phosphoric acid groups is 2. The Kier molecular flexibility index (Phi) is 71.5. The Labute approximate surface area is 632 Å². The van der Waals surface area contributed by atoms with E-state index >= 15 is 0 Å². The smallest absolute Gasteiger partial charge is 0.462 e. The molecule has 7 atom stereocenters. The van der Waals surface area contributed by atoms with E-state index in [-0.39, 0.29) is 25.7 Å². The molecular weight excluding hydrogens is 1340 g/mol. The maximum absolute atomic E-state index is 13.1. The third kappa shape index (κ3) is 75.3. The van der Waals surface area contributed by atoms with Gasteiger partial charge in [-0.05, 0) is 49.4 Å². The van der Waals surface area contributed by atoms with Crippen molar-refractivity contribution in [2.75, 3.05) is 39.6 Å². The number of hydrogen-bond acceptors (Lipinski definition) is 15. The number of aliphatic hydroxyl groups is 1. The molecule has 0 aliphatic carbocycles. The molecule has 0 aliphatic rings. The van der Waals surface area contributed by atoms with E-state index < -0.39 is 97.5 Å². The highest BCUT2D eigenvalue weighted by molar-refractivity contribution is 7.47. The third-order valence-corrected chi connectivity index (χ3v) is 22.2. The van der Waals surface area contributed by atoms with Crippen molar-refractivity contribution < 1.29 is 80.2 Å². The molecule has 0 amide bonds. The summed E-state index contributed by atoms with van der Waals surface area (Å²) < 4.78 is 68.8. The van der Waals surface area contributed by atoms with Gasteiger partial charge in [-0.3, -0.25) is 37.3 Å². The zero-order chi connectivity index (χ0) is 76.0. The molecule has 0 radical (unpaired) electrons. The largest absolute Gasteiger partial charge is 0.472 e. The minimum atomic E-state index is -4.96. The number of hydrogen-bond donors (Lipinski definition) is 3. The van der Waals surface area contributed by atoms with Crippen molar-refractivity contribution in [1.82, 2.24) is 0 Å². The van der Waals surface area contributed by atoms with E-state index in [2.05, 4.69) is 55.4 Å². The van der Waals surface area contributed by atoms with Gasteiger partial charge in [-0.2, -0.15) is 0 Å². The molecule has 0 aliphatic heterocycles. The predicted molar refractivity (Wildman–Crippen MR) is 423 cm³/mol. The highest BCUT2D eigenvalue weighted by Crippen LogP contribution is 2.45. The highest BCUT2D eigenvalue weighted by Gasteiger charge is 2.30. The van der Waals surface area contributed by atoms with Crippen LogP contribution < -0.4 is 0 Å². The van der Waals surface area contributed by atoms with Crippen LogP contribution in [0.2, 0.25) is 0 Å². The van der Waals surface area contributed by atoms with Gasteiger partial charge in [0.2, 0.25) is 0 Å². The first-order valence-corrected chi connectivity index (χ1v) is 46.3. The molecule has 612 valence electrons. The molecule has 0 rings (SSSR count). The minimum Gasteiger partial charge on any atom is -0.462 e. The Bertz CT molecular complexity index is 2010. The van der Waals surface area contributed by atoms with Crippen molar-refractivity contribution in [3.63, 3.8) is 0 Å². The normalized spacial score (nSPS) is 14.5. The van der Waals surface area contributed by atoms with Crippen molar-refractivity contribution in [2.24, 2.45) is 23.7 Å². The summed E-state index contributed by atoms with van der Waals surface area (Å²) in [5, 5.41) is 10.7. The van der Waals surface area contributed by atoms with Crippen LogP contribution in [0.1, 0.15) is 434 Å². The first kappa shape index (κ1) is 101. The fourth-order valence-electron chi connectivity index (χ4n) is 12.9. The van der Waals surface area contributed by atoms with Crippen LogP contribution in [-0.4, -0.2) is 96.7 Å². The summed E-state index contributed by atoms with van der Waals surface area (Å²) in [6, 6.07) is 0. The number of esters is 4. The Morgan fingerprint density at radius 2 is 0.466 bits per heavy atom. The molecule has 5 unspecified atom stereocenters. The van der Waals surface area contributed by atoms with Gasteiger partial charge in [-0.15, -0.1) is 0 Å². The average Bonchev–Trinajstić information content (AvgIpc) is 0.931. The van der Waals surface area contributed by atoms with Crippen molar-refractivity contribution >= 4 is 39.5 Å². The number of unbranched alkanes of at least 4 members (excludes halogenated alkanes) is 45. The number of carbonyl (C=O) groups is 4. The van der Waals surface area contributed by atoms with Gasteiger partial charge in [0.1, 0.15) is 19.3 Å². The summed E-state index contributed by atoms with van der Waals surface area (Å²) in [6.07, 6.45) is 61.1. The zero-order valence-electron chi connectivity index (χ0n) is 68.0. The Morgan fingerprint density at radius 3 is 0.689 bits per heavy atom. The fourth-order valence-corrected chi connectivity index (χ4v) is 14.5. The van der Waals surface area contributed by atoms with Crippen molar-refractivity contribution in [2.45, 2.75) is 453 Å². The van der Waals surface area contributed by atoms with Crippen molar-refractivity contribution in [3.8, 4) is 0 Å². The van der Waals surface area contributed by atoms with E-state index in [1.165, 1.54) is 231 Å². The van der Waals surface area contributed by atoms with Gasteiger partial charge in [-0.1, -0.05) is 383 Å². The molecule has 3 N–H and O–H groups in total. The van der Waals surface area contributed by atoms with Crippen molar-refractivity contribution in [1.29, 1.82) is 0 Å². The topological polar surface area (TPSA) is 237 Å². The maximum atomic E-state index is 13.1. The quantitative estimate of drug-likeness (QED) is 0.0222. The van der Waals surface area contributed by atoms with Gasteiger partial charge in [0, 0.05) is 25.7 Å². The van der Waals surface area contributed by atoms with E-state index in [0.29, 0.717) is 31.6 Å². The summed E-state index contributed by atoms with van der Waals surface area (Å²) in [4.78, 5) is 73.1. The first-order chi connectivity index (χ1) is 49.7. The number of aliphatic hydroxyl groups excluding tert-OH is 1. The molecular formula is C84H164O17P2. The van der Waals surface area contributed by atoms with Gasteiger partial charge in [0.25, 0.3) is 0 Å². The van der Waals surface area contributed by atoms with E-state index in [1.807, 2.05) is 0 Å². The second-order valence-corrected chi connectivity index (χ2v) is 34.6. The van der Waals surface area contributed by atoms with Gasteiger partial charge in [-0.25, -0.2) is 9.13 Å². The fraction of sp³-hybridized carbons (Fsp3) is 0.952. The monoisotopic (exact) mass is 1510 g/mol. The molecule has 0 aromatic heterocycles.